The molecule has 1 amide bonds. The van der Waals surface area contributed by atoms with E-state index >= 15 is 0 Å². The molecule has 2 saturated heterocycles. The third kappa shape index (κ3) is 6.12. The molecule has 1 aliphatic carbocycles. The fraction of sp³-hybridized carbons (Fsp3) is 0.556. The van der Waals surface area contributed by atoms with Gasteiger partial charge in [-0.25, -0.2) is 0 Å². The maximum Gasteiger partial charge on any atom is 0.417 e. The number of rotatable bonds is 6. The molecule has 0 bridgehead atoms. The number of alkyl halides is 3. The van der Waals surface area contributed by atoms with Gasteiger partial charge in [0.1, 0.15) is 12.4 Å². The molecule has 5 aliphatic rings. The zero-order chi connectivity index (χ0) is 35.7. The van der Waals surface area contributed by atoms with Crippen LogP contribution in [-0.4, -0.2) is 69.4 Å². The highest BCUT2D eigenvalue weighted by atomic mass is 79.9. The molecule has 0 radical (unpaired) electrons. The largest absolute Gasteiger partial charge is 0.461 e. The van der Waals surface area contributed by atoms with Gasteiger partial charge in [-0.3, -0.25) is 14.4 Å². The quantitative estimate of drug-likeness (QED) is 0.251. The van der Waals surface area contributed by atoms with Gasteiger partial charge in [0.15, 0.2) is 5.69 Å². The van der Waals surface area contributed by atoms with Gasteiger partial charge in [-0.15, -0.1) is 5.92 Å². The number of halogens is 4. The highest BCUT2D eigenvalue weighted by Crippen LogP contribution is 2.60. The molecule has 1 saturated carbocycles. The minimum Gasteiger partial charge on any atom is -0.461 e. The molecule has 1 spiro atoms. The minimum atomic E-state index is -4.68. The summed E-state index contributed by atoms with van der Waals surface area (Å²) in [6.45, 7) is 5.67. The van der Waals surface area contributed by atoms with Gasteiger partial charge in [-0.1, -0.05) is 5.92 Å². The Bertz CT molecular complexity index is 1970. The Kier molecular flexibility index (Phi) is 8.50. The number of fused-ring (bicyclic) bond motifs is 3. The number of nitrogens with one attached hydrogen (secondary N) is 1. The Labute approximate surface area is 302 Å². The molecule has 11 nitrogen and oxygen atoms in total. The number of amides is 1. The molecule has 3 fully saturated rings. The van der Waals surface area contributed by atoms with Crippen molar-refractivity contribution in [3.8, 4) is 17.9 Å². The van der Waals surface area contributed by atoms with Gasteiger partial charge >= 0.3 is 12.2 Å². The van der Waals surface area contributed by atoms with Gasteiger partial charge in [0, 0.05) is 49.9 Å². The Morgan fingerprint density at radius 3 is 2.76 bits per heavy atom. The summed E-state index contributed by atoms with van der Waals surface area (Å²) < 4.78 is 59.1. The predicted molar refractivity (Wildman–Crippen MR) is 186 cm³/mol. The number of benzene rings is 1. The van der Waals surface area contributed by atoms with Crippen LogP contribution in [0.15, 0.2) is 16.6 Å². The maximum atomic E-state index is 14.6. The van der Waals surface area contributed by atoms with Crippen LogP contribution >= 0.6 is 15.9 Å². The zero-order valence-electron chi connectivity index (χ0n) is 28.6. The van der Waals surface area contributed by atoms with Crippen molar-refractivity contribution in [2.75, 3.05) is 43.9 Å². The number of ether oxygens (including phenoxy) is 2. The normalized spacial score (nSPS) is 23.6. The molecule has 51 heavy (non-hydrogen) atoms. The van der Waals surface area contributed by atoms with Crippen molar-refractivity contribution in [1.29, 1.82) is 0 Å². The van der Waals surface area contributed by atoms with Gasteiger partial charge in [-0.2, -0.15) is 28.2 Å². The molecule has 2 unspecified atom stereocenters. The van der Waals surface area contributed by atoms with Crippen LogP contribution in [0.2, 0.25) is 0 Å². The van der Waals surface area contributed by atoms with E-state index in [9.17, 15) is 18.0 Å². The van der Waals surface area contributed by atoms with Crippen LogP contribution in [0.1, 0.15) is 95.7 Å². The van der Waals surface area contributed by atoms with Crippen LogP contribution in [0, 0.1) is 17.3 Å². The second-order valence-electron chi connectivity index (χ2n) is 14.6. The van der Waals surface area contributed by atoms with Crippen LogP contribution in [0.4, 0.5) is 24.7 Å². The number of carbonyl (C=O) groups excluding carboxylic acids is 1. The number of nitrogens with zero attached hydrogens (tertiary/aromatic N) is 6. The number of aryl methyl sites for hydroxylation is 1. The standard InChI is InChI=1S/C36H40BrF3N8O3/c1-3-6-21-13-22(41)14-23(28(21)36(38,39)40)27-15-25-24(17-50-27)31(46-10-5-12-48-26(16-46)29(37)30(45-48)32(49)42-2)44-33(43-25)51-20-35-7-4-11-47(35)19-34(18-35)8-9-34/h13-14,27H,4-5,7-12,15-20,41H2,1-2H3,(H,42,49). The average Bonchev–Trinajstić information content (AvgIpc) is 3.59. The van der Waals surface area contributed by atoms with E-state index in [4.69, 9.17) is 25.2 Å². The van der Waals surface area contributed by atoms with E-state index in [1.54, 1.807) is 7.05 Å². The molecule has 3 aromatic rings. The van der Waals surface area contributed by atoms with Gasteiger partial charge in [0.25, 0.3) is 5.91 Å². The SMILES string of the molecule is CC#Cc1cc(N)cc(C2Cc3nc(OCC45CCCN4CC4(CC4)C5)nc(N4CCCn5nc(C(=O)NC)c(Br)c5C4)c3CO2)c1C(F)(F)F. The second-order valence-corrected chi connectivity index (χ2v) is 15.4. The van der Waals surface area contributed by atoms with Crippen molar-refractivity contribution in [2.45, 2.75) is 89.4 Å². The lowest BCUT2D eigenvalue weighted by Crippen LogP contribution is -2.43. The smallest absolute Gasteiger partial charge is 0.417 e. The lowest BCUT2D eigenvalue weighted by atomic mass is 9.89. The first kappa shape index (κ1) is 34.2. The summed E-state index contributed by atoms with van der Waals surface area (Å²) >= 11 is 3.61. The summed E-state index contributed by atoms with van der Waals surface area (Å²) in [6.07, 6.45) is 0.899. The first-order valence-electron chi connectivity index (χ1n) is 17.5. The van der Waals surface area contributed by atoms with Gasteiger partial charge in [0.2, 0.25) is 0 Å². The monoisotopic (exact) mass is 768 g/mol. The maximum absolute atomic E-state index is 14.6. The van der Waals surface area contributed by atoms with Gasteiger partial charge < -0.3 is 25.4 Å². The third-order valence-electron chi connectivity index (χ3n) is 11.2. The molecule has 2 aromatic heterocycles. The lowest BCUT2D eigenvalue weighted by molar-refractivity contribution is -0.140. The van der Waals surface area contributed by atoms with Crippen LogP contribution < -0.4 is 20.7 Å². The summed E-state index contributed by atoms with van der Waals surface area (Å²) in [7, 11) is 1.56. The van der Waals surface area contributed by atoms with E-state index in [1.165, 1.54) is 31.9 Å². The van der Waals surface area contributed by atoms with Crippen LogP contribution in [-0.2, 0) is 37.0 Å². The summed E-state index contributed by atoms with van der Waals surface area (Å²) in [5.74, 6) is 5.48. The minimum absolute atomic E-state index is 0.0167. The Balaban J connectivity index is 1.17. The molecular formula is C36H40BrF3N8O3. The van der Waals surface area contributed by atoms with E-state index in [0.717, 1.165) is 38.0 Å². The van der Waals surface area contributed by atoms with Crippen LogP contribution in [0.3, 0.4) is 0 Å². The van der Waals surface area contributed by atoms with Crippen molar-refractivity contribution in [1.82, 2.24) is 30.0 Å². The van der Waals surface area contributed by atoms with E-state index in [-0.39, 0.29) is 47.3 Å². The molecule has 3 N–H and O–H groups in total. The van der Waals surface area contributed by atoms with Gasteiger partial charge in [0.05, 0.1) is 46.2 Å². The Morgan fingerprint density at radius 2 is 2.02 bits per heavy atom. The van der Waals surface area contributed by atoms with Crippen LogP contribution in [0.25, 0.3) is 0 Å². The Morgan fingerprint density at radius 1 is 1.20 bits per heavy atom. The summed E-state index contributed by atoms with van der Waals surface area (Å²) in [5.41, 5.74) is 7.92. The third-order valence-corrected chi connectivity index (χ3v) is 12.0. The average molecular weight is 770 g/mol. The number of nitrogen functional groups attached to an aromatic ring is 1. The topological polar surface area (TPSA) is 124 Å². The van der Waals surface area contributed by atoms with Crippen molar-refractivity contribution < 1.29 is 27.4 Å². The number of nitrogens with two attached hydrogens (primary N) is 1. The molecule has 1 aromatic carbocycles. The molecule has 2 atom stereocenters. The first-order valence-corrected chi connectivity index (χ1v) is 18.3. The lowest BCUT2D eigenvalue weighted by Gasteiger charge is -2.33. The second kappa shape index (κ2) is 12.7. The van der Waals surface area contributed by atoms with Crippen molar-refractivity contribution in [3.05, 3.63) is 55.9 Å². The number of hydrogen-bond acceptors (Lipinski definition) is 9. The number of hydrogen-bond donors (Lipinski definition) is 2. The van der Waals surface area contributed by atoms with Crippen LogP contribution in [0.5, 0.6) is 6.01 Å². The van der Waals surface area contributed by atoms with Crippen molar-refractivity contribution in [3.63, 3.8) is 0 Å². The number of anilines is 2. The van der Waals surface area contributed by atoms with E-state index in [1.807, 2.05) is 4.68 Å². The fourth-order valence-corrected chi connectivity index (χ4v) is 9.29. The fourth-order valence-electron chi connectivity index (χ4n) is 8.70. The number of aromatic nitrogens is 4. The molecule has 15 heteroatoms. The van der Waals surface area contributed by atoms with Gasteiger partial charge in [-0.05, 0) is 91.0 Å². The first-order chi connectivity index (χ1) is 24.4. The zero-order valence-corrected chi connectivity index (χ0v) is 30.2. The number of carbonyl (C=O) groups is 1. The van der Waals surface area contributed by atoms with E-state index in [2.05, 4.69) is 48.0 Å². The summed E-state index contributed by atoms with van der Waals surface area (Å²) in [4.78, 5) is 27.1. The van der Waals surface area contributed by atoms with E-state index in [0.29, 0.717) is 65.3 Å². The molecule has 8 rings (SSSR count). The van der Waals surface area contributed by atoms with E-state index < -0.39 is 17.8 Å². The molecule has 270 valence electrons. The summed E-state index contributed by atoms with van der Waals surface area (Å²) in [5, 5.41) is 7.21. The predicted octanol–water partition coefficient (Wildman–Crippen LogP) is 5.39. The highest BCUT2D eigenvalue weighted by molar-refractivity contribution is 9.10. The Hall–Kier alpha value is -3.87. The van der Waals surface area contributed by atoms with Crippen molar-refractivity contribution >= 4 is 33.3 Å². The molecule has 4 aliphatic heterocycles. The summed E-state index contributed by atoms with van der Waals surface area (Å²) in [6, 6.07) is 2.79. The highest BCUT2D eigenvalue weighted by Gasteiger charge is 2.60. The molecular weight excluding hydrogens is 729 g/mol. The molecule has 6 heterocycles. The van der Waals surface area contributed by atoms with Crippen molar-refractivity contribution in [2.24, 2.45) is 5.41 Å².